The first kappa shape index (κ1) is 19.9. The van der Waals surface area contributed by atoms with Gasteiger partial charge in [-0.15, -0.1) is 0 Å². The number of carbonyl (C=O) groups is 1. The molecule has 3 atom stereocenters. The van der Waals surface area contributed by atoms with Crippen molar-refractivity contribution >= 4 is 16.7 Å². The molecule has 29 heavy (non-hydrogen) atoms. The number of benzene rings is 2. The number of rotatable bonds is 2. The fourth-order valence-corrected chi connectivity index (χ4v) is 4.53. The molecule has 1 N–H and O–H groups in total. The third-order valence-corrected chi connectivity index (χ3v) is 6.40. The first-order valence-electron chi connectivity index (χ1n) is 8.89. The van der Waals surface area contributed by atoms with Crippen molar-refractivity contribution in [2.24, 2.45) is 0 Å². The van der Waals surface area contributed by atoms with Crippen LogP contribution in [0.3, 0.4) is 0 Å². The Balaban J connectivity index is 1.82. The average Bonchev–Trinajstić information content (AvgIpc) is 2.98. The van der Waals surface area contributed by atoms with Crippen LogP contribution in [0, 0.1) is 0 Å². The van der Waals surface area contributed by atoms with Crippen LogP contribution in [-0.2, 0) is 17.3 Å². The Morgan fingerprint density at radius 1 is 1.21 bits per heavy atom. The molecule has 2 aromatic rings. The number of fused-ring (bicyclic) bond motifs is 2. The molecule has 0 saturated carbocycles. The van der Waals surface area contributed by atoms with Crippen molar-refractivity contribution < 1.29 is 32.0 Å². The van der Waals surface area contributed by atoms with Crippen LogP contribution >= 0.6 is 0 Å². The zero-order chi connectivity index (χ0) is 21.1. The highest BCUT2D eigenvalue weighted by Gasteiger charge is 2.49. The summed E-state index contributed by atoms with van der Waals surface area (Å²) in [5.41, 5.74) is -4.55. The molecule has 1 unspecified atom stereocenters. The molecule has 0 fully saturated rings. The number of halogens is 3. The van der Waals surface area contributed by atoms with E-state index in [0.717, 1.165) is 17.7 Å². The predicted molar refractivity (Wildman–Crippen MR) is 98.7 cm³/mol. The highest BCUT2D eigenvalue weighted by molar-refractivity contribution is 7.86. The number of aliphatic hydroxyl groups is 1. The van der Waals surface area contributed by atoms with E-state index in [1.165, 1.54) is 11.0 Å². The standard InChI is InChI=1S/C20H18F3NO4S/c1-19(2)17(25)16(24-10-11-5-3-4-6-13(11)18(24)26)14-9-12(7-8-15(14)28-19)29(27)20(21,22)23/h3-9,16-17,25H,10H2,1-2H3/t16-,17+,29?/m1/s1. The van der Waals surface area contributed by atoms with Crippen molar-refractivity contribution in [2.75, 3.05) is 0 Å². The Morgan fingerprint density at radius 3 is 2.55 bits per heavy atom. The molecule has 0 radical (unpaired) electrons. The average molecular weight is 425 g/mol. The second-order valence-electron chi connectivity index (χ2n) is 7.60. The van der Waals surface area contributed by atoms with Gasteiger partial charge in [0.05, 0.1) is 6.04 Å². The highest BCUT2D eigenvalue weighted by Crippen LogP contribution is 2.46. The number of hydrogen-bond acceptors (Lipinski definition) is 4. The molecule has 154 valence electrons. The molecule has 2 heterocycles. The maximum absolute atomic E-state index is 13.0. The van der Waals surface area contributed by atoms with Crippen molar-refractivity contribution in [1.82, 2.24) is 4.90 Å². The second-order valence-corrected chi connectivity index (χ2v) is 9.07. The smallest absolute Gasteiger partial charge is 0.475 e. The van der Waals surface area contributed by atoms with Gasteiger partial charge in [0.25, 0.3) is 5.91 Å². The SMILES string of the molecule is CC1(C)Oc2ccc(S(=O)C(F)(F)F)cc2[C@@H](N2Cc3ccccc3C2=O)[C@@H]1O. The zero-order valence-electron chi connectivity index (χ0n) is 15.6. The van der Waals surface area contributed by atoms with E-state index in [4.69, 9.17) is 4.74 Å². The maximum atomic E-state index is 13.0. The van der Waals surface area contributed by atoms with Gasteiger partial charge < -0.3 is 14.7 Å². The summed E-state index contributed by atoms with van der Waals surface area (Å²) in [4.78, 5) is 13.9. The second kappa shape index (κ2) is 6.56. The van der Waals surface area contributed by atoms with Crippen LogP contribution in [-0.4, -0.2) is 37.3 Å². The van der Waals surface area contributed by atoms with Crippen LogP contribution < -0.4 is 4.74 Å². The first-order valence-corrected chi connectivity index (χ1v) is 10.0. The van der Waals surface area contributed by atoms with Crippen molar-refractivity contribution in [3.05, 3.63) is 59.2 Å². The van der Waals surface area contributed by atoms with Gasteiger partial charge in [0.2, 0.25) is 0 Å². The summed E-state index contributed by atoms with van der Waals surface area (Å²) < 4.78 is 56.5. The van der Waals surface area contributed by atoms with Crippen LogP contribution in [0.5, 0.6) is 5.75 Å². The van der Waals surface area contributed by atoms with E-state index >= 15 is 0 Å². The third kappa shape index (κ3) is 3.22. The van der Waals surface area contributed by atoms with Crippen LogP contribution in [0.1, 0.15) is 41.4 Å². The van der Waals surface area contributed by atoms with Crippen molar-refractivity contribution in [3.63, 3.8) is 0 Å². The summed E-state index contributed by atoms with van der Waals surface area (Å²) in [6.45, 7) is 3.49. The molecular weight excluding hydrogens is 407 g/mol. The van der Waals surface area contributed by atoms with Crippen LogP contribution in [0.4, 0.5) is 13.2 Å². The molecule has 4 rings (SSSR count). The number of carbonyl (C=O) groups excluding carboxylic acids is 1. The molecule has 9 heteroatoms. The highest BCUT2D eigenvalue weighted by atomic mass is 32.2. The molecule has 0 aliphatic carbocycles. The molecule has 0 bridgehead atoms. The minimum atomic E-state index is -4.92. The number of amides is 1. The van der Waals surface area contributed by atoms with E-state index in [9.17, 15) is 27.3 Å². The molecule has 2 aliphatic rings. The lowest BCUT2D eigenvalue weighted by Gasteiger charge is -2.45. The van der Waals surface area contributed by atoms with Crippen LogP contribution in [0.2, 0.25) is 0 Å². The fraction of sp³-hybridized carbons (Fsp3) is 0.350. The van der Waals surface area contributed by atoms with E-state index in [1.807, 2.05) is 0 Å². The van der Waals surface area contributed by atoms with Gasteiger partial charge in [0.15, 0.2) is 10.8 Å². The van der Waals surface area contributed by atoms with Gasteiger partial charge in [-0.25, -0.2) is 4.21 Å². The monoisotopic (exact) mass is 425 g/mol. The number of ether oxygens (including phenoxy) is 1. The fourth-order valence-electron chi connectivity index (χ4n) is 3.83. The number of hydrogen-bond donors (Lipinski definition) is 1. The number of alkyl halides is 3. The number of nitrogens with zero attached hydrogens (tertiary/aromatic N) is 1. The Labute approximate surface area is 167 Å². The minimum absolute atomic E-state index is 0.202. The van der Waals surface area contributed by atoms with Gasteiger partial charge in [-0.3, -0.25) is 4.79 Å². The van der Waals surface area contributed by atoms with Crippen molar-refractivity contribution in [3.8, 4) is 5.75 Å². The van der Waals surface area contributed by atoms with Gasteiger partial charge in [-0.05, 0) is 43.7 Å². The van der Waals surface area contributed by atoms with Gasteiger partial charge in [-0.1, -0.05) is 18.2 Å². The summed E-state index contributed by atoms with van der Waals surface area (Å²) in [6, 6.07) is 9.54. The Bertz CT molecular complexity index is 1020. The van der Waals surface area contributed by atoms with Gasteiger partial charge >= 0.3 is 5.51 Å². The zero-order valence-corrected chi connectivity index (χ0v) is 16.4. The molecule has 2 aromatic carbocycles. The van der Waals surface area contributed by atoms with E-state index in [0.29, 0.717) is 5.56 Å². The van der Waals surface area contributed by atoms with E-state index in [2.05, 4.69) is 0 Å². The summed E-state index contributed by atoms with van der Waals surface area (Å²) in [5.74, 6) is -0.0763. The first-order chi connectivity index (χ1) is 13.5. The topological polar surface area (TPSA) is 66.8 Å². The lowest BCUT2D eigenvalue weighted by atomic mass is 9.85. The molecule has 0 spiro atoms. The van der Waals surface area contributed by atoms with Crippen LogP contribution in [0.15, 0.2) is 47.4 Å². The van der Waals surface area contributed by atoms with Crippen molar-refractivity contribution in [1.29, 1.82) is 0 Å². The Hall–Kier alpha value is -2.39. The van der Waals surface area contributed by atoms with Gasteiger partial charge in [-0.2, -0.15) is 13.2 Å². The number of aliphatic hydroxyl groups excluding tert-OH is 1. The lowest BCUT2D eigenvalue weighted by molar-refractivity contribution is -0.0869. The van der Waals surface area contributed by atoms with Gasteiger partial charge in [0.1, 0.15) is 17.5 Å². The Morgan fingerprint density at radius 2 is 1.90 bits per heavy atom. The maximum Gasteiger partial charge on any atom is 0.475 e. The van der Waals surface area contributed by atoms with E-state index in [1.54, 1.807) is 38.1 Å². The van der Waals surface area contributed by atoms with E-state index < -0.39 is 39.0 Å². The van der Waals surface area contributed by atoms with Crippen molar-refractivity contribution in [2.45, 2.75) is 48.5 Å². The molecule has 2 aliphatic heterocycles. The molecule has 0 saturated heterocycles. The Kier molecular flexibility index (Phi) is 4.51. The van der Waals surface area contributed by atoms with E-state index in [-0.39, 0.29) is 23.8 Å². The van der Waals surface area contributed by atoms with Crippen LogP contribution in [0.25, 0.3) is 0 Å². The third-order valence-electron chi connectivity index (χ3n) is 5.29. The lowest BCUT2D eigenvalue weighted by Crippen LogP contribution is -2.53. The molecule has 0 aromatic heterocycles. The summed E-state index contributed by atoms with van der Waals surface area (Å²) in [6.07, 6.45) is -1.21. The summed E-state index contributed by atoms with van der Waals surface area (Å²) >= 11 is 0. The molecule has 1 amide bonds. The predicted octanol–water partition coefficient (Wildman–Crippen LogP) is 3.54. The quantitative estimate of drug-likeness (QED) is 0.799. The minimum Gasteiger partial charge on any atom is -0.485 e. The molecular formula is C20H18F3NO4S. The summed E-state index contributed by atoms with van der Waals surface area (Å²) in [7, 11) is -3.23. The normalized spacial score (nSPS) is 23.9. The van der Waals surface area contributed by atoms with Gasteiger partial charge in [0, 0.05) is 22.6 Å². The summed E-state index contributed by atoms with van der Waals surface area (Å²) in [5, 5.41) is 11.0. The largest absolute Gasteiger partial charge is 0.485 e. The molecule has 5 nitrogen and oxygen atoms in total.